The van der Waals surface area contributed by atoms with E-state index in [9.17, 15) is 9.90 Å². The number of thiocarbonyl (C=S) groups is 1. The van der Waals surface area contributed by atoms with Crippen LogP contribution in [0.4, 0.5) is 5.69 Å². The number of rotatable bonds is 7. The topological polar surface area (TPSA) is 79.6 Å². The van der Waals surface area contributed by atoms with Crippen molar-refractivity contribution >= 4 is 29.0 Å². The fourth-order valence-corrected chi connectivity index (χ4v) is 5.80. The predicted octanol–water partition coefficient (Wildman–Crippen LogP) is 6.07. The minimum atomic E-state index is -0.948. The summed E-state index contributed by atoms with van der Waals surface area (Å²) in [7, 11) is 0. The van der Waals surface area contributed by atoms with Gasteiger partial charge >= 0.3 is 5.97 Å². The number of benzene rings is 2. The lowest BCUT2D eigenvalue weighted by Gasteiger charge is -2.29. The quantitative estimate of drug-likeness (QED) is 0.284. The molecule has 38 heavy (non-hydrogen) atoms. The lowest BCUT2D eigenvalue weighted by molar-refractivity contribution is 0.0697. The Hall–Kier alpha value is -4.17. The molecule has 1 saturated heterocycles. The summed E-state index contributed by atoms with van der Waals surface area (Å²) in [6.45, 7) is 0. The van der Waals surface area contributed by atoms with Crippen molar-refractivity contribution in [1.82, 2.24) is 14.9 Å². The molecule has 8 heteroatoms. The van der Waals surface area contributed by atoms with Crippen LogP contribution in [0.1, 0.15) is 59.5 Å². The molecule has 3 heterocycles. The van der Waals surface area contributed by atoms with Crippen LogP contribution in [-0.2, 0) is 0 Å². The molecule has 0 radical (unpaired) electrons. The summed E-state index contributed by atoms with van der Waals surface area (Å²) in [5.74, 6) is -0.0742. The van der Waals surface area contributed by atoms with Crippen molar-refractivity contribution in [2.45, 2.75) is 43.9 Å². The summed E-state index contributed by atoms with van der Waals surface area (Å²) in [5.41, 5.74) is 3.96. The lowest BCUT2D eigenvalue weighted by Crippen LogP contribution is -2.30. The van der Waals surface area contributed by atoms with Crippen LogP contribution in [0, 0.1) is 0 Å². The number of carboxylic acid groups (broad SMARTS) is 1. The highest BCUT2D eigenvalue weighted by molar-refractivity contribution is 7.80. The van der Waals surface area contributed by atoms with Crippen LogP contribution in [0.25, 0.3) is 5.69 Å². The van der Waals surface area contributed by atoms with Gasteiger partial charge in [-0.15, -0.1) is 0 Å². The minimum absolute atomic E-state index is 0.190. The van der Waals surface area contributed by atoms with Gasteiger partial charge in [-0.1, -0.05) is 6.07 Å². The molecule has 2 aromatic heterocycles. The molecule has 2 atom stereocenters. The number of carbonyl (C=O) groups is 1. The summed E-state index contributed by atoms with van der Waals surface area (Å²) >= 11 is 5.89. The number of nitrogens with one attached hydrogen (secondary N) is 1. The van der Waals surface area contributed by atoms with E-state index in [1.807, 2.05) is 54.7 Å². The molecule has 0 bridgehead atoms. The zero-order chi connectivity index (χ0) is 26.1. The van der Waals surface area contributed by atoms with Crippen molar-refractivity contribution < 1.29 is 14.6 Å². The van der Waals surface area contributed by atoms with Gasteiger partial charge < -0.3 is 24.6 Å². The van der Waals surface area contributed by atoms with Gasteiger partial charge in [0.2, 0.25) is 0 Å². The molecule has 0 unspecified atom stereocenters. The van der Waals surface area contributed by atoms with Gasteiger partial charge in [0.05, 0.1) is 23.4 Å². The van der Waals surface area contributed by atoms with Gasteiger partial charge in [0.25, 0.3) is 0 Å². The highest BCUT2D eigenvalue weighted by Crippen LogP contribution is 2.42. The number of anilines is 1. The zero-order valence-electron chi connectivity index (χ0n) is 20.7. The fraction of sp³-hybridized carbons (Fsp3) is 0.233. The molecular weight excluding hydrogens is 496 g/mol. The summed E-state index contributed by atoms with van der Waals surface area (Å²) in [5, 5.41) is 13.5. The van der Waals surface area contributed by atoms with Crippen LogP contribution in [0.15, 0.2) is 91.3 Å². The smallest absolute Gasteiger partial charge is 0.335 e. The molecule has 0 amide bonds. The van der Waals surface area contributed by atoms with Crippen LogP contribution >= 0.6 is 12.2 Å². The third-order valence-corrected chi connectivity index (χ3v) is 7.61. The number of nitrogens with zero attached hydrogens (tertiary/aromatic N) is 3. The van der Waals surface area contributed by atoms with E-state index in [0.717, 1.165) is 41.4 Å². The largest absolute Gasteiger partial charge is 0.490 e. The highest BCUT2D eigenvalue weighted by Gasteiger charge is 2.42. The Kier molecular flexibility index (Phi) is 6.55. The van der Waals surface area contributed by atoms with E-state index in [-0.39, 0.29) is 17.6 Å². The Morgan fingerprint density at radius 1 is 0.947 bits per heavy atom. The summed E-state index contributed by atoms with van der Waals surface area (Å²) in [4.78, 5) is 18.2. The molecule has 0 spiro atoms. The number of hydrogen-bond acceptors (Lipinski definition) is 4. The van der Waals surface area contributed by atoms with E-state index in [4.69, 9.17) is 17.0 Å². The van der Waals surface area contributed by atoms with E-state index < -0.39 is 5.97 Å². The van der Waals surface area contributed by atoms with Crippen molar-refractivity contribution in [3.8, 4) is 11.4 Å². The molecule has 1 aliphatic carbocycles. The fourth-order valence-electron chi connectivity index (χ4n) is 5.45. The van der Waals surface area contributed by atoms with Gasteiger partial charge in [0.15, 0.2) is 5.11 Å². The van der Waals surface area contributed by atoms with E-state index in [1.165, 1.54) is 12.8 Å². The normalized spacial score (nSPS) is 19.5. The Morgan fingerprint density at radius 3 is 2.37 bits per heavy atom. The monoisotopic (exact) mass is 524 g/mol. The Labute approximate surface area is 226 Å². The van der Waals surface area contributed by atoms with Crippen molar-refractivity contribution in [2.75, 3.05) is 4.90 Å². The first kappa shape index (κ1) is 24.2. The maximum atomic E-state index is 11.4. The third-order valence-electron chi connectivity index (χ3n) is 7.29. The van der Waals surface area contributed by atoms with Crippen molar-refractivity contribution in [3.05, 3.63) is 108 Å². The van der Waals surface area contributed by atoms with Crippen molar-refractivity contribution in [1.29, 1.82) is 0 Å². The van der Waals surface area contributed by atoms with Gasteiger partial charge in [0.1, 0.15) is 11.8 Å². The second-order valence-corrected chi connectivity index (χ2v) is 10.1. The molecular formula is C30H28N4O3S. The van der Waals surface area contributed by atoms with E-state index >= 15 is 0 Å². The van der Waals surface area contributed by atoms with E-state index in [1.54, 1.807) is 18.3 Å². The van der Waals surface area contributed by atoms with E-state index in [2.05, 4.69) is 38.0 Å². The van der Waals surface area contributed by atoms with Crippen LogP contribution in [0.5, 0.6) is 5.75 Å². The average molecular weight is 525 g/mol. The minimum Gasteiger partial charge on any atom is -0.490 e. The Bertz CT molecular complexity index is 1430. The van der Waals surface area contributed by atoms with Gasteiger partial charge in [-0.2, -0.15) is 0 Å². The predicted molar refractivity (Wildman–Crippen MR) is 150 cm³/mol. The number of carboxylic acids is 1. The molecule has 192 valence electrons. The lowest BCUT2D eigenvalue weighted by atomic mass is 10.0. The average Bonchev–Trinajstić information content (AvgIpc) is 3.70. The number of hydrogen-bond donors (Lipinski definition) is 2. The summed E-state index contributed by atoms with van der Waals surface area (Å²) in [6.07, 6.45) is 8.75. The molecule has 6 rings (SSSR count). The molecule has 7 nitrogen and oxygen atoms in total. The van der Waals surface area contributed by atoms with Crippen LogP contribution in [-0.4, -0.2) is 31.8 Å². The van der Waals surface area contributed by atoms with Crippen LogP contribution in [0.3, 0.4) is 0 Å². The first-order valence-electron chi connectivity index (χ1n) is 12.9. The van der Waals surface area contributed by atoms with Crippen LogP contribution < -0.4 is 15.0 Å². The van der Waals surface area contributed by atoms with Gasteiger partial charge in [-0.3, -0.25) is 4.98 Å². The Morgan fingerprint density at radius 2 is 1.68 bits per heavy atom. The molecule has 2 aliphatic rings. The second-order valence-electron chi connectivity index (χ2n) is 9.67. The maximum absolute atomic E-state index is 11.4. The standard InChI is InChI=1S/C30H28N4O3S/c35-29(36)20-10-12-21(13-11-20)33-19-5-9-26(33)28-27(25-8-3-4-18-31-25)32-30(38)34(28)22-14-16-24(17-15-22)37-23-6-1-2-7-23/h3-5,8-19,23,27-28H,1-2,6-7H2,(H,32,38)(H,35,36)/t27-,28+/m0/s1. The van der Waals surface area contributed by atoms with Crippen molar-refractivity contribution in [3.63, 3.8) is 0 Å². The maximum Gasteiger partial charge on any atom is 0.335 e. The SMILES string of the molecule is O=C(O)c1ccc(-n2cccc2[C@@H]2[C@H](c3ccccn3)NC(=S)N2c2ccc(OC3CCCC3)cc2)cc1. The van der Waals surface area contributed by atoms with Gasteiger partial charge in [-0.25, -0.2) is 4.79 Å². The summed E-state index contributed by atoms with van der Waals surface area (Å²) in [6, 6.07) is 24.6. The van der Waals surface area contributed by atoms with Crippen molar-refractivity contribution in [2.24, 2.45) is 0 Å². The molecule has 1 aliphatic heterocycles. The zero-order valence-corrected chi connectivity index (χ0v) is 21.6. The molecule has 2 aromatic carbocycles. The number of pyridine rings is 1. The third kappa shape index (κ3) is 4.63. The molecule has 4 aromatic rings. The first-order chi connectivity index (χ1) is 18.6. The Balaban J connectivity index is 1.38. The molecule has 2 fully saturated rings. The summed E-state index contributed by atoms with van der Waals surface area (Å²) < 4.78 is 8.27. The van der Waals surface area contributed by atoms with Gasteiger partial charge in [0, 0.05) is 29.5 Å². The van der Waals surface area contributed by atoms with Crippen LogP contribution in [0.2, 0.25) is 0 Å². The molecule has 1 saturated carbocycles. The number of ether oxygens (including phenoxy) is 1. The first-order valence-corrected chi connectivity index (χ1v) is 13.3. The highest BCUT2D eigenvalue weighted by atomic mass is 32.1. The van der Waals surface area contributed by atoms with Gasteiger partial charge in [-0.05, 0) is 111 Å². The van der Waals surface area contributed by atoms with E-state index in [0.29, 0.717) is 11.2 Å². The molecule has 2 N–H and O–H groups in total. The number of aromatic carboxylic acids is 1. The number of aromatic nitrogens is 2. The second kappa shape index (κ2) is 10.3.